The minimum Gasteiger partial charge on any atom is -0.488 e. The molecule has 0 saturated carbocycles. The highest BCUT2D eigenvalue weighted by Crippen LogP contribution is 2.39. The molecule has 0 spiro atoms. The molecule has 4 heteroatoms. The number of halogens is 1. The summed E-state index contributed by atoms with van der Waals surface area (Å²) in [5, 5.41) is 0. The highest BCUT2D eigenvalue weighted by molar-refractivity contribution is 5.70. The SMILES string of the molecule is CC(C)c1cccc(-c2ccc(F)c3c2O[C@H](CN)C3)n1. The van der Waals surface area contributed by atoms with Gasteiger partial charge >= 0.3 is 0 Å². The number of fused-ring (bicyclic) bond motifs is 1. The molecule has 0 amide bonds. The van der Waals surface area contributed by atoms with Gasteiger partial charge in [-0.3, -0.25) is 4.98 Å². The Hall–Kier alpha value is -1.94. The fraction of sp³-hybridized carbons (Fsp3) is 0.353. The van der Waals surface area contributed by atoms with Crippen molar-refractivity contribution < 1.29 is 9.13 Å². The fourth-order valence-electron chi connectivity index (χ4n) is 2.62. The van der Waals surface area contributed by atoms with E-state index in [9.17, 15) is 4.39 Å². The van der Waals surface area contributed by atoms with Crippen LogP contribution in [0.5, 0.6) is 5.75 Å². The van der Waals surface area contributed by atoms with Crippen LogP contribution in [0.4, 0.5) is 4.39 Å². The van der Waals surface area contributed by atoms with Crippen LogP contribution in [0.15, 0.2) is 30.3 Å². The summed E-state index contributed by atoms with van der Waals surface area (Å²) in [7, 11) is 0. The highest BCUT2D eigenvalue weighted by atomic mass is 19.1. The van der Waals surface area contributed by atoms with Gasteiger partial charge in [-0.05, 0) is 30.2 Å². The first kappa shape index (κ1) is 14.0. The van der Waals surface area contributed by atoms with Gasteiger partial charge in [-0.1, -0.05) is 19.9 Å². The van der Waals surface area contributed by atoms with Gasteiger partial charge in [0, 0.05) is 29.8 Å². The zero-order valence-corrected chi connectivity index (χ0v) is 12.3. The minimum atomic E-state index is -0.232. The number of nitrogens with two attached hydrogens (primary N) is 1. The number of hydrogen-bond donors (Lipinski definition) is 1. The quantitative estimate of drug-likeness (QED) is 0.942. The molecular weight excluding hydrogens is 267 g/mol. The molecule has 2 aromatic rings. The van der Waals surface area contributed by atoms with E-state index in [4.69, 9.17) is 10.5 Å². The number of hydrogen-bond acceptors (Lipinski definition) is 3. The molecule has 21 heavy (non-hydrogen) atoms. The number of pyridine rings is 1. The molecule has 0 bridgehead atoms. The van der Waals surface area contributed by atoms with Crippen molar-refractivity contribution in [1.82, 2.24) is 4.98 Å². The highest BCUT2D eigenvalue weighted by Gasteiger charge is 2.28. The second kappa shape index (κ2) is 5.45. The van der Waals surface area contributed by atoms with Crippen LogP contribution in [0, 0.1) is 5.82 Å². The first-order valence-electron chi connectivity index (χ1n) is 7.25. The first-order chi connectivity index (χ1) is 10.1. The Morgan fingerprint density at radius 2 is 2.14 bits per heavy atom. The Morgan fingerprint density at radius 1 is 1.33 bits per heavy atom. The van der Waals surface area contributed by atoms with Gasteiger partial charge in [0.1, 0.15) is 17.7 Å². The molecule has 3 rings (SSSR count). The van der Waals surface area contributed by atoms with E-state index in [-0.39, 0.29) is 11.9 Å². The van der Waals surface area contributed by atoms with Crippen LogP contribution in [0.1, 0.15) is 31.0 Å². The lowest BCUT2D eigenvalue weighted by Gasteiger charge is -2.12. The van der Waals surface area contributed by atoms with E-state index < -0.39 is 0 Å². The van der Waals surface area contributed by atoms with Crippen molar-refractivity contribution >= 4 is 0 Å². The monoisotopic (exact) mass is 286 g/mol. The Kier molecular flexibility index (Phi) is 3.64. The van der Waals surface area contributed by atoms with Gasteiger partial charge in [-0.25, -0.2) is 4.39 Å². The molecule has 1 aromatic carbocycles. The first-order valence-corrected chi connectivity index (χ1v) is 7.25. The predicted octanol–water partition coefficient (Wildman–Crippen LogP) is 3.27. The largest absolute Gasteiger partial charge is 0.488 e. The van der Waals surface area contributed by atoms with Crippen LogP contribution >= 0.6 is 0 Å². The summed E-state index contributed by atoms with van der Waals surface area (Å²) in [4.78, 5) is 4.67. The molecule has 110 valence electrons. The van der Waals surface area contributed by atoms with E-state index in [2.05, 4.69) is 18.8 Å². The normalized spacial score (nSPS) is 16.9. The Bertz CT molecular complexity index is 670. The topological polar surface area (TPSA) is 48.1 Å². The molecule has 3 nitrogen and oxygen atoms in total. The van der Waals surface area contributed by atoms with Crippen molar-refractivity contribution in [2.45, 2.75) is 32.3 Å². The Balaban J connectivity index is 2.09. The maximum atomic E-state index is 14.0. The molecule has 1 atom stereocenters. The third kappa shape index (κ3) is 2.51. The summed E-state index contributed by atoms with van der Waals surface area (Å²) in [6.45, 7) is 4.58. The van der Waals surface area contributed by atoms with E-state index in [1.54, 1.807) is 6.07 Å². The lowest BCUT2D eigenvalue weighted by Crippen LogP contribution is -2.24. The maximum Gasteiger partial charge on any atom is 0.135 e. The minimum absolute atomic E-state index is 0.149. The third-order valence-electron chi connectivity index (χ3n) is 3.82. The van der Waals surface area contributed by atoms with Crippen molar-refractivity contribution in [2.75, 3.05) is 6.54 Å². The molecule has 1 aromatic heterocycles. The van der Waals surface area contributed by atoms with Crippen LogP contribution < -0.4 is 10.5 Å². The van der Waals surface area contributed by atoms with Crippen molar-refractivity contribution in [3.8, 4) is 17.0 Å². The van der Waals surface area contributed by atoms with Gasteiger partial charge in [0.25, 0.3) is 0 Å². The van der Waals surface area contributed by atoms with Gasteiger partial charge < -0.3 is 10.5 Å². The zero-order valence-electron chi connectivity index (χ0n) is 12.3. The number of benzene rings is 1. The second-order valence-electron chi connectivity index (χ2n) is 5.68. The zero-order chi connectivity index (χ0) is 15.0. The van der Waals surface area contributed by atoms with Crippen LogP contribution in [0.25, 0.3) is 11.3 Å². The molecule has 0 saturated heterocycles. The predicted molar refractivity (Wildman–Crippen MR) is 80.9 cm³/mol. The molecule has 1 aliphatic heterocycles. The number of nitrogens with zero attached hydrogens (tertiary/aromatic N) is 1. The molecule has 0 unspecified atom stereocenters. The fourth-order valence-corrected chi connectivity index (χ4v) is 2.62. The standard InChI is InChI=1S/C17H19FN2O/c1-10(2)15-4-3-5-16(20-15)12-6-7-14(18)13-8-11(9-19)21-17(12)13/h3-7,10-11H,8-9,19H2,1-2H3/t11-/m0/s1. The Labute approximate surface area is 124 Å². The summed E-state index contributed by atoms with van der Waals surface area (Å²) in [5.74, 6) is 0.708. The smallest absolute Gasteiger partial charge is 0.135 e. The number of ether oxygens (including phenoxy) is 1. The van der Waals surface area contributed by atoms with Gasteiger partial charge in [0.15, 0.2) is 0 Å². The van der Waals surface area contributed by atoms with E-state index in [1.165, 1.54) is 6.07 Å². The maximum absolute atomic E-state index is 14.0. The lowest BCUT2D eigenvalue weighted by atomic mass is 10.0. The summed E-state index contributed by atoms with van der Waals surface area (Å²) in [6.07, 6.45) is 0.374. The van der Waals surface area contributed by atoms with E-state index in [0.717, 1.165) is 17.0 Å². The molecular formula is C17H19FN2O. The summed E-state index contributed by atoms with van der Waals surface area (Å²) >= 11 is 0. The van der Waals surface area contributed by atoms with Gasteiger partial charge in [0.2, 0.25) is 0 Å². The lowest BCUT2D eigenvalue weighted by molar-refractivity contribution is 0.242. The second-order valence-corrected chi connectivity index (χ2v) is 5.68. The summed E-state index contributed by atoms with van der Waals surface area (Å²) in [5.41, 5.74) is 8.93. The van der Waals surface area contributed by atoms with Gasteiger partial charge in [-0.15, -0.1) is 0 Å². The molecule has 2 N–H and O–H groups in total. The van der Waals surface area contributed by atoms with Crippen LogP contribution in [-0.2, 0) is 6.42 Å². The van der Waals surface area contributed by atoms with E-state index >= 15 is 0 Å². The number of aromatic nitrogens is 1. The Morgan fingerprint density at radius 3 is 2.86 bits per heavy atom. The summed E-state index contributed by atoms with van der Waals surface area (Å²) in [6, 6.07) is 9.13. The number of rotatable bonds is 3. The van der Waals surface area contributed by atoms with Crippen LogP contribution in [0.3, 0.4) is 0 Å². The van der Waals surface area contributed by atoms with Gasteiger partial charge in [0.05, 0.1) is 5.69 Å². The molecule has 0 fully saturated rings. The van der Waals surface area contributed by atoms with Crippen molar-refractivity contribution in [3.05, 3.63) is 47.4 Å². The van der Waals surface area contributed by atoms with E-state index in [1.807, 2.05) is 18.2 Å². The molecule has 0 aliphatic carbocycles. The third-order valence-corrected chi connectivity index (χ3v) is 3.82. The molecule has 1 aliphatic rings. The van der Waals surface area contributed by atoms with E-state index in [0.29, 0.717) is 30.2 Å². The molecule has 2 heterocycles. The van der Waals surface area contributed by atoms with Crippen molar-refractivity contribution in [3.63, 3.8) is 0 Å². The molecule has 0 radical (unpaired) electrons. The summed E-state index contributed by atoms with van der Waals surface area (Å²) < 4.78 is 19.8. The average Bonchev–Trinajstić information content (AvgIpc) is 2.93. The van der Waals surface area contributed by atoms with Crippen LogP contribution in [0.2, 0.25) is 0 Å². The van der Waals surface area contributed by atoms with Crippen molar-refractivity contribution in [1.29, 1.82) is 0 Å². The van der Waals surface area contributed by atoms with Crippen LogP contribution in [-0.4, -0.2) is 17.6 Å². The van der Waals surface area contributed by atoms with Gasteiger partial charge in [-0.2, -0.15) is 0 Å². The average molecular weight is 286 g/mol. The van der Waals surface area contributed by atoms with Crippen molar-refractivity contribution in [2.24, 2.45) is 5.73 Å².